The number of carbonyl (C=O) groups excluding carboxylic acids is 1. The van der Waals surface area contributed by atoms with E-state index < -0.39 is 0 Å². The average Bonchev–Trinajstić information content (AvgIpc) is 2.16. The normalized spacial score (nSPS) is 9.64. The van der Waals surface area contributed by atoms with Crippen molar-refractivity contribution in [3.05, 3.63) is 23.8 Å². The molecule has 4 nitrogen and oxygen atoms in total. The highest BCUT2D eigenvalue weighted by Crippen LogP contribution is 2.23. The third-order valence-electron chi connectivity index (χ3n) is 1.92. The van der Waals surface area contributed by atoms with E-state index >= 15 is 0 Å². The summed E-state index contributed by atoms with van der Waals surface area (Å²) in [7, 11) is 5.05. The molecular formula is C10H14N2O2. The second-order valence-corrected chi connectivity index (χ2v) is 3.18. The molecule has 0 radical (unpaired) electrons. The van der Waals surface area contributed by atoms with Gasteiger partial charge in [-0.25, -0.2) is 0 Å². The number of anilines is 1. The molecule has 0 unspecified atom stereocenters. The van der Waals surface area contributed by atoms with Gasteiger partial charge >= 0.3 is 0 Å². The quantitative estimate of drug-likeness (QED) is 0.694. The number of hydrogen-bond acceptors (Lipinski definition) is 3. The molecule has 2 N–H and O–H groups in total. The third kappa shape index (κ3) is 1.96. The summed E-state index contributed by atoms with van der Waals surface area (Å²) in [5.41, 5.74) is 1.09. The van der Waals surface area contributed by atoms with Crippen molar-refractivity contribution in [3.63, 3.8) is 0 Å². The molecule has 0 atom stereocenters. The molecule has 0 spiro atoms. The van der Waals surface area contributed by atoms with Crippen molar-refractivity contribution in [2.75, 3.05) is 26.5 Å². The molecule has 0 saturated carbocycles. The van der Waals surface area contributed by atoms with E-state index in [1.165, 1.54) is 11.0 Å². The van der Waals surface area contributed by atoms with Crippen molar-refractivity contribution >= 4 is 11.6 Å². The maximum absolute atomic E-state index is 11.5. The van der Waals surface area contributed by atoms with Gasteiger partial charge in [-0.2, -0.15) is 0 Å². The largest absolute Gasteiger partial charge is 0.506 e. The van der Waals surface area contributed by atoms with Gasteiger partial charge in [-0.1, -0.05) is 0 Å². The van der Waals surface area contributed by atoms with Gasteiger partial charge in [0.1, 0.15) is 5.75 Å². The second kappa shape index (κ2) is 4.00. The van der Waals surface area contributed by atoms with Crippen molar-refractivity contribution in [1.29, 1.82) is 0 Å². The van der Waals surface area contributed by atoms with Crippen LogP contribution in [0.15, 0.2) is 18.2 Å². The van der Waals surface area contributed by atoms with Crippen LogP contribution in [0.25, 0.3) is 0 Å². The molecule has 76 valence electrons. The Morgan fingerprint density at radius 1 is 1.43 bits per heavy atom. The third-order valence-corrected chi connectivity index (χ3v) is 1.92. The predicted octanol–water partition coefficient (Wildman–Crippen LogP) is 1.14. The maximum atomic E-state index is 11.5. The highest BCUT2D eigenvalue weighted by atomic mass is 16.3. The Kier molecular flexibility index (Phi) is 2.96. The fourth-order valence-electron chi connectivity index (χ4n) is 1.13. The molecule has 1 aromatic carbocycles. The van der Waals surface area contributed by atoms with E-state index in [2.05, 4.69) is 5.32 Å². The molecule has 0 bridgehead atoms. The Bertz CT molecular complexity index is 348. The highest BCUT2D eigenvalue weighted by Gasteiger charge is 2.09. The Labute approximate surface area is 83.2 Å². The zero-order valence-electron chi connectivity index (χ0n) is 8.53. The smallest absolute Gasteiger partial charge is 0.253 e. The van der Waals surface area contributed by atoms with Gasteiger partial charge < -0.3 is 15.3 Å². The van der Waals surface area contributed by atoms with E-state index in [-0.39, 0.29) is 11.7 Å². The van der Waals surface area contributed by atoms with Crippen molar-refractivity contribution in [2.45, 2.75) is 0 Å². The van der Waals surface area contributed by atoms with Crippen molar-refractivity contribution in [3.8, 4) is 5.75 Å². The minimum atomic E-state index is -0.122. The zero-order valence-corrected chi connectivity index (χ0v) is 8.53. The highest BCUT2D eigenvalue weighted by molar-refractivity contribution is 5.94. The number of nitrogens with one attached hydrogen (secondary N) is 1. The van der Waals surface area contributed by atoms with Crippen LogP contribution in [0.4, 0.5) is 5.69 Å². The van der Waals surface area contributed by atoms with Crippen molar-refractivity contribution < 1.29 is 9.90 Å². The van der Waals surface area contributed by atoms with Crippen molar-refractivity contribution in [2.24, 2.45) is 0 Å². The van der Waals surface area contributed by atoms with Crippen LogP contribution in [0.5, 0.6) is 5.75 Å². The summed E-state index contributed by atoms with van der Waals surface area (Å²) in [5.74, 6) is -0.0387. The van der Waals surface area contributed by atoms with Gasteiger partial charge in [-0.05, 0) is 18.2 Å². The summed E-state index contributed by atoms with van der Waals surface area (Å²) in [4.78, 5) is 13.0. The minimum absolute atomic E-state index is 0.0835. The number of carbonyl (C=O) groups is 1. The van der Waals surface area contributed by atoms with Crippen LogP contribution in [-0.4, -0.2) is 37.1 Å². The lowest BCUT2D eigenvalue weighted by atomic mass is 10.1. The summed E-state index contributed by atoms with van der Waals surface area (Å²) in [6.45, 7) is 0. The molecule has 0 aliphatic rings. The standard InChI is InChI=1S/C10H14N2O2/c1-11-8-5-4-7(6-9(8)13)10(14)12(2)3/h4-6,11,13H,1-3H3. The number of phenols is 1. The number of amides is 1. The fourth-order valence-corrected chi connectivity index (χ4v) is 1.13. The number of phenolic OH excluding ortho intramolecular Hbond substituents is 1. The molecule has 0 aliphatic carbocycles. The molecule has 0 heterocycles. The van der Waals surface area contributed by atoms with E-state index in [1.54, 1.807) is 33.3 Å². The maximum Gasteiger partial charge on any atom is 0.253 e. The monoisotopic (exact) mass is 194 g/mol. The number of aromatic hydroxyl groups is 1. The molecule has 0 aromatic heterocycles. The number of rotatable bonds is 2. The first-order valence-corrected chi connectivity index (χ1v) is 4.28. The van der Waals surface area contributed by atoms with Crippen molar-refractivity contribution in [1.82, 2.24) is 4.90 Å². The summed E-state index contributed by atoms with van der Waals surface area (Å²) in [6, 6.07) is 4.80. The summed E-state index contributed by atoms with van der Waals surface area (Å²) < 4.78 is 0. The van der Waals surface area contributed by atoms with Gasteiger partial charge in [0.25, 0.3) is 5.91 Å². The zero-order chi connectivity index (χ0) is 10.7. The fraction of sp³-hybridized carbons (Fsp3) is 0.300. The van der Waals surface area contributed by atoms with E-state index in [9.17, 15) is 9.90 Å². The number of benzene rings is 1. The number of hydrogen-bond donors (Lipinski definition) is 2. The first-order chi connectivity index (χ1) is 6.56. The lowest BCUT2D eigenvalue weighted by Crippen LogP contribution is -2.21. The van der Waals surface area contributed by atoms with Crippen LogP contribution in [0.3, 0.4) is 0 Å². The topological polar surface area (TPSA) is 52.6 Å². The Hall–Kier alpha value is -1.71. The van der Waals surface area contributed by atoms with Gasteiger partial charge in [0, 0.05) is 26.7 Å². The lowest BCUT2D eigenvalue weighted by Gasteiger charge is -2.11. The molecule has 0 saturated heterocycles. The summed E-state index contributed by atoms with van der Waals surface area (Å²) >= 11 is 0. The minimum Gasteiger partial charge on any atom is -0.506 e. The lowest BCUT2D eigenvalue weighted by molar-refractivity contribution is 0.0827. The average molecular weight is 194 g/mol. The van der Waals surface area contributed by atoms with E-state index in [0.717, 1.165) is 0 Å². The molecule has 1 amide bonds. The van der Waals surface area contributed by atoms with Crippen LogP contribution in [0.2, 0.25) is 0 Å². The van der Waals surface area contributed by atoms with Gasteiger partial charge in [0.05, 0.1) is 5.69 Å². The SMILES string of the molecule is CNc1ccc(C(=O)N(C)C)cc1O. The molecule has 1 aromatic rings. The van der Waals surface area contributed by atoms with Gasteiger partial charge in [-0.3, -0.25) is 4.79 Å². The Balaban J connectivity index is 3.03. The summed E-state index contributed by atoms with van der Waals surface area (Å²) in [5, 5.41) is 12.3. The Morgan fingerprint density at radius 2 is 2.07 bits per heavy atom. The van der Waals surface area contributed by atoms with Gasteiger partial charge in [0.15, 0.2) is 0 Å². The molecular weight excluding hydrogens is 180 g/mol. The molecule has 14 heavy (non-hydrogen) atoms. The number of nitrogens with zero attached hydrogens (tertiary/aromatic N) is 1. The van der Waals surface area contributed by atoms with E-state index in [0.29, 0.717) is 11.3 Å². The van der Waals surface area contributed by atoms with Crippen LogP contribution in [0.1, 0.15) is 10.4 Å². The van der Waals surface area contributed by atoms with E-state index in [4.69, 9.17) is 0 Å². The Morgan fingerprint density at radius 3 is 2.50 bits per heavy atom. The van der Waals surface area contributed by atoms with Gasteiger partial charge in [-0.15, -0.1) is 0 Å². The first kappa shape index (κ1) is 10.4. The first-order valence-electron chi connectivity index (χ1n) is 4.28. The second-order valence-electron chi connectivity index (χ2n) is 3.18. The molecule has 0 aliphatic heterocycles. The molecule has 1 rings (SSSR count). The van der Waals surface area contributed by atoms with E-state index in [1.807, 2.05) is 0 Å². The molecule has 0 fully saturated rings. The van der Waals surface area contributed by atoms with Crippen LogP contribution >= 0.6 is 0 Å². The molecule has 4 heteroatoms. The predicted molar refractivity (Wildman–Crippen MR) is 55.7 cm³/mol. The van der Waals surface area contributed by atoms with Gasteiger partial charge in [0.2, 0.25) is 0 Å². The summed E-state index contributed by atoms with van der Waals surface area (Å²) in [6.07, 6.45) is 0. The van der Waals surface area contributed by atoms with Crippen LogP contribution in [0, 0.1) is 0 Å². The van der Waals surface area contributed by atoms with Crippen LogP contribution < -0.4 is 5.32 Å². The van der Waals surface area contributed by atoms with Crippen LogP contribution in [-0.2, 0) is 0 Å².